The molecule has 2 aliphatic carbocycles. The monoisotopic (exact) mass is 294 g/mol. The second-order valence-corrected chi connectivity index (χ2v) is 6.71. The smallest absolute Gasteiger partial charge is 0.306 e. The van der Waals surface area contributed by atoms with Crippen molar-refractivity contribution >= 4 is 28.3 Å². The number of carboxylic acids is 1. The van der Waals surface area contributed by atoms with Crippen LogP contribution >= 0.6 is 11.3 Å². The second-order valence-electron chi connectivity index (χ2n) is 5.63. The zero-order valence-electron chi connectivity index (χ0n) is 11.2. The maximum absolute atomic E-state index is 12.2. The summed E-state index contributed by atoms with van der Waals surface area (Å²) in [6.07, 6.45) is 6.15. The molecular weight excluding hydrogens is 276 g/mol. The van der Waals surface area contributed by atoms with Gasteiger partial charge in [0, 0.05) is 10.8 Å². The van der Waals surface area contributed by atoms with Crippen LogP contribution in [0, 0.1) is 11.8 Å². The van der Waals surface area contributed by atoms with Gasteiger partial charge in [-0.1, -0.05) is 0 Å². The number of carbonyl (C=O) groups is 2. The van der Waals surface area contributed by atoms with Gasteiger partial charge in [-0.15, -0.1) is 11.3 Å². The molecule has 0 unspecified atom stereocenters. The Labute approximate surface area is 121 Å². The van der Waals surface area contributed by atoms with Crippen molar-refractivity contribution in [1.82, 2.24) is 4.98 Å². The van der Waals surface area contributed by atoms with Crippen molar-refractivity contribution < 1.29 is 14.7 Å². The summed E-state index contributed by atoms with van der Waals surface area (Å²) in [5.41, 5.74) is 1.13. The van der Waals surface area contributed by atoms with E-state index in [1.54, 1.807) is 11.3 Å². The molecule has 1 aromatic rings. The van der Waals surface area contributed by atoms with Crippen molar-refractivity contribution in [3.63, 3.8) is 0 Å². The molecule has 6 heteroatoms. The minimum Gasteiger partial charge on any atom is -0.481 e. The number of carbonyl (C=O) groups excluding carboxylic acids is 1. The molecule has 1 fully saturated rings. The largest absolute Gasteiger partial charge is 0.481 e. The number of hydrogen-bond donors (Lipinski definition) is 2. The molecule has 3 rings (SSSR count). The normalized spacial score (nSPS) is 25.2. The Morgan fingerprint density at radius 3 is 2.65 bits per heavy atom. The van der Waals surface area contributed by atoms with Gasteiger partial charge < -0.3 is 10.4 Å². The molecule has 2 atom stereocenters. The van der Waals surface area contributed by atoms with E-state index in [-0.39, 0.29) is 17.7 Å². The predicted molar refractivity (Wildman–Crippen MR) is 75.9 cm³/mol. The number of nitrogens with zero attached hydrogens (tertiary/aromatic N) is 1. The van der Waals surface area contributed by atoms with Gasteiger partial charge in [0.05, 0.1) is 11.6 Å². The van der Waals surface area contributed by atoms with E-state index < -0.39 is 5.97 Å². The fraction of sp³-hybridized carbons (Fsp3) is 0.643. The first-order chi connectivity index (χ1) is 9.63. The van der Waals surface area contributed by atoms with Crippen LogP contribution in [0.2, 0.25) is 0 Å². The number of carboxylic acid groups (broad SMARTS) is 1. The topological polar surface area (TPSA) is 79.3 Å². The molecule has 2 aliphatic rings. The highest BCUT2D eigenvalue weighted by molar-refractivity contribution is 7.15. The molecule has 0 bridgehead atoms. The third-order valence-corrected chi connectivity index (χ3v) is 5.30. The molecule has 0 saturated heterocycles. The molecule has 0 spiro atoms. The summed E-state index contributed by atoms with van der Waals surface area (Å²) in [6, 6.07) is 0. The Balaban J connectivity index is 1.62. The van der Waals surface area contributed by atoms with Crippen LogP contribution in [0.5, 0.6) is 0 Å². The van der Waals surface area contributed by atoms with Gasteiger partial charge in [-0.25, -0.2) is 4.98 Å². The van der Waals surface area contributed by atoms with Crippen LogP contribution in [0.4, 0.5) is 5.13 Å². The lowest BCUT2D eigenvalue weighted by atomic mass is 10.0. The summed E-state index contributed by atoms with van der Waals surface area (Å²) in [5, 5.41) is 12.5. The minimum absolute atomic E-state index is 0.0696. The predicted octanol–water partition coefficient (Wildman–Crippen LogP) is 2.46. The maximum Gasteiger partial charge on any atom is 0.306 e. The molecule has 1 saturated carbocycles. The van der Waals surface area contributed by atoms with Crippen molar-refractivity contribution in [3.05, 3.63) is 10.6 Å². The molecule has 2 N–H and O–H groups in total. The minimum atomic E-state index is -0.787. The van der Waals surface area contributed by atoms with Crippen LogP contribution < -0.4 is 5.32 Å². The van der Waals surface area contributed by atoms with Crippen LogP contribution in [-0.4, -0.2) is 22.0 Å². The number of anilines is 1. The lowest BCUT2D eigenvalue weighted by Crippen LogP contribution is -2.21. The number of aryl methyl sites for hydroxylation is 2. The Hall–Kier alpha value is -1.43. The fourth-order valence-corrected chi connectivity index (χ4v) is 4.11. The molecule has 0 aliphatic heterocycles. The van der Waals surface area contributed by atoms with Crippen LogP contribution in [0.3, 0.4) is 0 Å². The van der Waals surface area contributed by atoms with Crippen molar-refractivity contribution in [2.45, 2.75) is 44.9 Å². The van der Waals surface area contributed by atoms with E-state index in [1.807, 2.05) is 0 Å². The van der Waals surface area contributed by atoms with Gasteiger partial charge in [0.2, 0.25) is 5.91 Å². The third-order valence-electron chi connectivity index (χ3n) is 4.23. The van der Waals surface area contributed by atoms with Gasteiger partial charge in [-0.05, 0) is 44.9 Å². The molecule has 5 nitrogen and oxygen atoms in total. The summed E-state index contributed by atoms with van der Waals surface area (Å²) in [7, 11) is 0. The lowest BCUT2D eigenvalue weighted by Gasteiger charge is -2.08. The Morgan fingerprint density at radius 2 is 1.95 bits per heavy atom. The molecule has 1 heterocycles. The molecular formula is C14H18N2O3S. The van der Waals surface area contributed by atoms with E-state index in [0.717, 1.165) is 18.5 Å². The summed E-state index contributed by atoms with van der Waals surface area (Å²) in [4.78, 5) is 28.9. The number of amides is 1. The summed E-state index contributed by atoms with van der Waals surface area (Å²) >= 11 is 1.57. The second kappa shape index (κ2) is 5.52. The van der Waals surface area contributed by atoms with Crippen molar-refractivity contribution in [2.24, 2.45) is 11.8 Å². The quantitative estimate of drug-likeness (QED) is 0.897. The number of aliphatic carboxylic acids is 1. The summed E-state index contributed by atoms with van der Waals surface area (Å²) in [5.74, 6) is -1.41. The van der Waals surface area contributed by atoms with Crippen molar-refractivity contribution in [3.8, 4) is 0 Å². The highest BCUT2D eigenvalue weighted by Crippen LogP contribution is 2.33. The van der Waals surface area contributed by atoms with E-state index in [1.165, 1.54) is 17.7 Å². The number of nitrogens with one attached hydrogen (secondary N) is 1. The average Bonchev–Trinajstić information content (AvgIpc) is 3.04. The van der Waals surface area contributed by atoms with E-state index in [2.05, 4.69) is 10.3 Å². The SMILES string of the molecule is O=C(O)[C@@H]1CC[C@@H](C(=O)Nc2nc3c(s2)CCCC3)C1. The van der Waals surface area contributed by atoms with Gasteiger partial charge in [0.25, 0.3) is 0 Å². The lowest BCUT2D eigenvalue weighted by molar-refractivity contribution is -0.141. The number of aromatic nitrogens is 1. The summed E-state index contributed by atoms with van der Waals surface area (Å²) < 4.78 is 0. The number of rotatable bonds is 3. The van der Waals surface area contributed by atoms with E-state index in [4.69, 9.17) is 5.11 Å². The number of fused-ring (bicyclic) bond motifs is 1. The summed E-state index contributed by atoms with van der Waals surface area (Å²) in [6.45, 7) is 0. The molecule has 108 valence electrons. The van der Waals surface area contributed by atoms with Gasteiger partial charge in [-0.2, -0.15) is 0 Å². The molecule has 0 aromatic carbocycles. The van der Waals surface area contributed by atoms with Crippen molar-refractivity contribution in [2.75, 3.05) is 5.32 Å². The Morgan fingerprint density at radius 1 is 1.20 bits per heavy atom. The molecule has 1 amide bonds. The zero-order valence-corrected chi connectivity index (χ0v) is 12.0. The highest BCUT2D eigenvalue weighted by Gasteiger charge is 2.34. The van der Waals surface area contributed by atoms with Crippen LogP contribution in [0.25, 0.3) is 0 Å². The van der Waals surface area contributed by atoms with Gasteiger partial charge >= 0.3 is 5.97 Å². The van der Waals surface area contributed by atoms with Crippen LogP contribution in [0.15, 0.2) is 0 Å². The van der Waals surface area contributed by atoms with Gasteiger partial charge in [0.15, 0.2) is 5.13 Å². The first kappa shape index (κ1) is 13.5. The molecule has 1 aromatic heterocycles. The molecule has 20 heavy (non-hydrogen) atoms. The first-order valence-corrected chi connectivity index (χ1v) is 7.97. The van der Waals surface area contributed by atoms with Gasteiger partial charge in [0.1, 0.15) is 0 Å². The fourth-order valence-electron chi connectivity index (χ4n) is 3.06. The van der Waals surface area contributed by atoms with E-state index >= 15 is 0 Å². The zero-order chi connectivity index (χ0) is 14.1. The Bertz CT molecular complexity index is 517. The maximum atomic E-state index is 12.2. The number of hydrogen-bond acceptors (Lipinski definition) is 4. The van der Waals surface area contributed by atoms with E-state index in [9.17, 15) is 9.59 Å². The first-order valence-electron chi connectivity index (χ1n) is 7.15. The standard InChI is InChI=1S/C14H18N2O3S/c17-12(8-5-6-9(7-8)13(18)19)16-14-15-10-3-1-2-4-11(10)20-14/h8-9H,1-7H2,(H,18,19)(H,15,16,17)/t8-,9-/m1/s1. The number of thiazole rings is 1. The van der Waals surface area contributed by atoms with E-state index in [0.29, 0.717) is 24.4 Å². The highest BCUT2D eigenvalue weighted by atomic mass is 32.1. The van der Waals surface area contributed by atoms with Crippen LogP contribution in [-0.2, 0) is 22.4 Å². The average molecular weight is 294 g/mol. The van der Waals surface area contributed by atoms with Gasteiger partial charge in [-0.3, -0.25) is 9.59 Å². The third kappa shape index (κ3) is 2.70. The van der Waals surface area contributed by atoms with Crippen molar-refractivity contribution in [1.29, 1.82) is 0 Å². The molecule has 0 radical (unpaired) electrons. The Kier molecular flexibility index (Phi) is 3.74. The van der Waals surface area contributed by atoms with Crippen LogP contribution in [0.1, 0.15) is 42.7 Å².